The van der Waals surface area contributed by atoms with E-state index < -0.39 is 6.04 Å². The van der Waals surface area contributed by atoms with Gasteiger partial charge in [0.1, 0.15) is 11.8 Å². The zero-order valence-electron chi connectivity index (χ0n) is 16.9. The van der Waals surface area contributed by atoms with Gasteiger partial charge in [-0.1, -0.05) is 40.9 Å². The Morgan fingerprint density at radius 2 is 1.77 bits per heavy atom. The number of carbonyl (C=O) groups is 2. The zero-order chi connectivity index (χ0) is 21.5. The molecule has 0 saturated heterocycles. The molecule has 0 spiro atoms. The number of carbonyl (C=O) groups excluding carboxylic acids is 2. The van der Waals surface area contributed by atoms with E-state index in [0.29, 0.717) is 12.3 Å². The van der Waals surface area contributed by atoms with Gasteiger partial charge in [-0.25, -0.2) is 0 Å². The standard InChI is InChI=1S/C23H26BrIN2O3/c1-16(23(29)26-20-4-2-3-5-20)27(14-17-6-8-18(24)9-7-17)22(28)15-30-21-12-10-19(25)11-13-21/h6-13,16,20H,2-5,14-15H2,1H3,(H,26,29)/t16-/m1/s1. The zero-order valence-corrected chi connectivity index (χ0v) is 20.7. The minimum atomic E-state index is -0.581. The summed E-state index contributed by atoms with van der Waals surface area (Å²) in [5.74, 6) is 0.308. The van der Waals surface area contributed by atoms with Gasteiger partial charge in [-0.2, -0.15) is 0 Å². The Hall–Kier alpha value is -1.61. The van der Waals surface area contributed by atoms with Crippen LogP contribution >= 0.6 is 38.5 Å². The lowest BCUT2D eigenvalue weighted by Crippen LogP contribution is -2.50. The molecule has 1 aliphatic rings. The number of halogens is 2. The first-order chi connectivity index (χ1) is 14.4. The van der Waals surface area contributed by atoms with E-state index in [9.17, 15) is 9.59 Å². The second-order valence-electron chi connectivity index (χ2n) is 7.56. The highest BCUT2D eigenvalue weighted by Crippen LogP contribution is 2.19. The quantitative estimate of drug-likeness (QED) is 0.449. The lowest BCUT2D eigenvalue weighted by molar-refractivity contribution is -0.142. The summed E-state index contributed by atoms with van der Waals surface area (Å²) < 4.78 is 7.76. The monoisotopic (exact) mass is 584 g/mol. The molecule has 1 aliphatic carbocycles. The smallest absolute Gasteiger partial charge is 0.261 e. The maximum absolute atomic E-state index is 13.0. The molecule has 1 N–H and O–H groups in total. The third-order valence-corrected chi connectivity index (χ3v) is 6.56. The molecule has 7 heteroatoms. The van der Waals surface area contributed by atoms with Gasteiger partial charge >= 0.3 is 0 Å². The first-order valence-corrected chi connectivity index (χ1v) is 12.0. The fraction of sp³-hybridized carbons (Fsp3) is 0.391. The first-order valence-electron chi connectivity index (χ1n) is 10.1. The Morgan fingerprint density at radius 3 is 2.40 bits per heavy atom. The fourth-order valence-electron chi connectivity index (χ4n) is 3.52. The van der Waals surface area contributed by atoms with Crippen LogP contribution in [0.1, 0.15) is 38.2 Å². The molecular formula is C23H26BrIN2O3. The lowest BCUT2D eigenvalue weighted by atomic mass is 10.1. The third kappa shape index (κ3) is 6.70. The number of nitrogens with zero attached hydrogens (tertiary/aromatic N) is 1. The lowest BCUT2D eigenvalue weighted by Gasteiger charge is -2.29. The van der Waals surface area contributed by atoms with Crippen LogP contribution in [0, 0.1) is 3.57 Å². The number of rotatable bonds is 8. The highest BCUT2D eigenvalue weighted by molar-refractivity contribution is 14.1. The molecule has 2 amide bonds. The second kappa shape index (κ2) is 11.1. The average Bonchev–Trinajstić information content (AvgIpc) is 3.25. The summed E-state index contributed by atoms with van der Waals surface area (Å²) in [7, 11) is 0. The van der Waals surface area contributed by atoms with Crippen LogP contribution in [-0.2, 0) is 16.1 Å². The maximum atomic E-state index is 13.0. The van der Waals surface area contributed by atoms with E-state index >= 15 is 0 Å². The van der Waals surface area contributed by atoms with Gasteiger partial charge in [-0.15, -0.1) is 0 Å². The molecule has 0 radical (unpaired) electrons. The fourth-order valence-corrected chi connectivity index (χ4v) is 4.14. The molecular weight excluding hydrogens is 559 g/mol. The third-order valence-electron chi connectivity index (χ3n) is 5.31. The van der Waals surface area contributed by atoms with E-state index in [4.69, 9.17) is 4.74 Å². The number of amides is 2. The van der Waals surface area contributed by atoms with E-state index in [1.807, 2.05) is 48.5 Å². The van der Waals surface area contributed by atoms with Crippen LogP contribution in [0.4, 0.5) is 0 Å². The van der Waals surface area contributed by atoms with E-state index in [2.05, 4.69) is 43.8 Å². The van der Waals surface area contributed by atoms with Crippen LogP contribution in [-0.4, -0.2) is 35.4 Å². The molecule has 0 bridgehead atoms. The van der Waals surface area contributed by atoms with Gasteiger partial charge in [0.05, 0.1) is 0 Å². The van der Waals surface area contributed by atoms with E-state index in [1.165, 1.54) is 0 Å². The number of hydrogen-bond acceptors (Lipinski definition) is 3. The highest BCUT2D eigenvalue weighted by atomic mass is 127. The van der Waals surface area contributed by atoms with Gasteiger partial charge in [-0.05, 0) is 84.3 Å². The topological polar surface area (TPSA) is 58.6 Å². The van der Waals surface area contributed by atoms with Crippen LogP contribution in [0.5, 0.6) is 5.75 Å². The molecule has 1 saturated carbocycles. The molecule has 0 heterocycles. The largest absolute Gasteiger partial charge is 0.484 e. The van der Waals surface area contributed by atoms with Crippen molar-refractivity contribution in [3.63, 3.8) is 0 Å². The van der Waals surface area contributed by atoms with Crippen molar-refractivity contribution in [1.29, 1.82) is 0 Å². The van der Waals surface area contributed by atoms with Crippen molar-refractivity contribution in [2.45, 2.75) is 51.2 Å². The minimum Gasteiger partial charge on any atom is -0.484 e. The van der Waals surface area contributed by atoms with Gasteiger partial charge in [0, 0.05) is 20.6 Å². The molecule has 5 nitrogen and oxygen atoms in total. The molecule has 2 aromatic rings. The van der Waals surface area contributed by atoms with Crippen LogP contribution in [0.15, 0.2) is 53.0 Å². The summed E-state index contributed by atoms with van der Waals surface area (Å²) in [6, 6.07) is 14.9. The SMILES string of the molecule is C[C@H](C(=O)NC1CCCC1)N(Cc1ccc(Br)cc1)C(=O)COc1ccc(I)cc1. The molecule has 1 atom stereocenters. The van der Waals surface area contributed by atoms with E-state index in [1.54, 1.807) is 11.8 Å². The summed E-state index contributed by atoms with van der Waals surface area (Å²) >= 11 is 5.65. The van der Waals surface area contributed by atoms with Crippen molar-refractivity contribution in [3.8, 4) is 5.75 Å². The van der Waals surface area contributed by atoms with Crippen molar-refractivity contribution in [2.75, 3.05) is 6.61 Å². The number of nitrogens with one attached hydrogen (secondary N) is 1. The average molecular weight is 585 g/mol. The number of hydrogen-bond donors (Lipinski definition) is 1. The minimum absolute atomic E-state index is 0.110. The Kier molecular flexibility index (Phi) is 8.56. The molecule has 3 rings (SSSR count). The summed E-state index contributed by atoms with van der Waals surface area (Å²) in [6.07, 6.45) is 4.31. The summed E-state index contributed by atoms with van der Waals surface area (Å²) in [5.41, 5.74) is 0.960. The van der Waals surface area contributed by atoms with Crippen molar-refractivity contribution in [1.82, 2.24) is 10.2 Å². The van der Waals surface area contributed by atoms with Gasteiger partial charge in [0.25, 0.3) is 5.91 Å². The second-order valence-corrected chi connectivity index (χ2v) is 9.72. The van der Waals surface area contributed by atoms with Crippen LogP contribution in [0.3, 0.4) is 0 Å². The number of ether oxygens (including phenoxy) is 1. The molecule has 1 fully saturated rings. The molecule has 30 heavy (non-hydrogen) atoms. The van der Waals surface area contributed by atoms with Crippen molar-refractivity contribution in [3.05, 3.63) is 62.1 Å². The van der Waals surface area contributed by atoms with E-state index in [0.717, 1.165) is 39.3 Å². The Bertz CT molecular complexity index is 852. The van der Waals surface area contributed by atoms with Gasteiger partial charge < -0.3 is 15.0 Å². The molecule has 160 valence electrons. The summed E-state index contributed by atoms with van der Waals surface area (Å²) in [6.45, 7) is 2.02. The molecule has 0 aromatic heterocycles. The predicted molar refractivity (Wildman–Crippen MR) is 129 cm³/mol. The van der Waals surface area contributed by atoms with Crippen molar-refractivity contribution >= 4 is 50.3 Å². The molecule has 2 aromatic carbocycles. The van der Waals surface area contributed by atoms with Gasteiger partial charge in [-0.3, -0.25) is 9.59 Å². The molecule has 0 aliphatic heterocycles. The first kappa shape index (κ1) is 23.1. The van der Waals surface area contributed by atoms with Crippen molar-refractivity contribution < 1.29 is 14.3 Å². The normalized spacial score (nSPS) is 14.9. The Balaban J connectivity index is 1.69. The summed E-state index contributed by atoms with van der Waals surface area (Å²) in [4.78, 5) is 27.5. The van der Waals surface area contributed by atoms with Crippen LogP contribution in [0.2, 0.25) is 0 Å². The van der Waals surface area contributed by atoms with Gasteiger partial charge in [0.2, 0.25) is 5.91 Å². The van der Waals surface area contributed by atoms with Gasteiger partial charge in [0.15, 0.2) is 6.61 Å². The van der Waals surface area contributed by atoms with Crippen LogP contribution in [0.25, 0.3) is 0 Å². The van der Waals surface area contributed by atoms with E-state index in [-0.39, 0.29) is 24.5 Å². The summed E-state index contributed by atoms with van der Waals surface area (Å²) in [5, 5.41) is 3.11. The Labute approximate surface area is 199 Å². The predicted octanol–water partition coefficient (Wildman–Crippen LogP) is 4.91. The van der Waals surface area contributed by atoms with Crippen molar-refractivity contribution in [2.24, 2.45) is 0 Å². The van der Waals surface area contributed by atoms with Crippen LogP contribution < -0.4 is 10.1 Å². The molecule has 0 unspecified atom stereocenters. The maximum Gasteiger partial charge on any atom is 0.261 e. The Morgan fingerprint density at radius 1 is 1.13 bits per heavy atom. The number of benzene rings is 2. The highest BCUT2D eigenvalue weighted by Gasteiger charge is 2.28.